The Hall–Kier alpha value is -1.47. The van der Waals surface area contributed by atoms with Crippen molar-refractivity contribution in [2.45, 2.75) is 4.90 Å². The molecule has 0 aromatic heterocycles. The summed E-state index contributed by atoms with van der Waals surface area (Å²) in [6.45, 7) is 0. The zero-order valence-corrected chi connectivity index (χ0v) is 7.76. The van der Waals surface area contributed by atoms with E-state index in [0.717, 1.165) is 0 Å². The van der Waals surface area contributed by atoms with Crippen molar-refractivity contribution in [1.82, 2.24) is 0 Å². The molecule has 0 bridgehead atoms. The molecule has 4 heteroatoms. The van der Waals surface area contributed by atoms with Gasteiger partial charge in [0.15, 0.2) is 0 Å². The number of benzene rings is 1. The molecule has 0 fully saturated rings. The summed E-state index contributed by atoms with van der Waals surface area (Å²) in [4.78, 5) is 11.4. The van der Waals surface area contributed by atoms with Crippen molar-refractivity contribution < 1.29 is 9.90 Å². The lowest BCUT2D eigenvalue weighted by Gasteiger charge is -2.02. The Kier molecular flexibility index (Phi) is 2.93. The Labute approximate surface area is 80.0 Å². The highest BCUT2D eigenvalue weighted by atomic mass is 32.2. The fraction of sp³-hybridized carbons (Fsp3) is 0.111. The van der Waals surface area contributed by atoms with Crippen LogP contribution in [-0.2, 0) is 0 Å². The first kappa shape index (κ1) is 9.62. The predicted molar refractivity (Wildman–Crippen MR) is 49.9 cm³/mol. The molecule has 0 saturated heterocycles. The highest BCUT2D eigenvalue weighted by Crippen LogP contribution is 2.22. The van der Waals surface area contributed by atoms with Gasteiger partial charge in [0.2, 0.25) is 0 Å². The maximum absolute atomic E-state index is 10.7. The second-order valence-electron chi connectivity index (χ2n) is 2.30. The van der Waals surface area contributed by atoms with Crippen molar-refractivity contribution >= 4 is 17.7 Å². The van der Waals surface area contributed by atoms with E-state index in [1.54, 1.807) is 12.1 Å². The molecule has 0 radical (unpaired) electrons. The molecule has 1 aromatic carbocycles. The molecule has 0 saturated carbocycles. The first-order valence-electron chi connectivity index (χ1n) is 3.51. The van der Waals surface area contributed by atoms with Gasteiger partial charge in [0.05, 0.1) is 11.1 Å². The van der Waals surface area contributed by atoms with Crippen LogP contribution in [0.1, 0.15) is 15.9 Å². The standard InChI is InChI=1S/C9H7NO2S/c1-13-8-4-2-3-6(9(11)12)7(8)5-10/h2-4H,1H3,(H,11,12). The molecule has 0 amide bonds. The van der Waals surface area contributed by atoms with Gasteiger partial charge in [0.25, 0.3) is 0 Å². The van der Waals surface area contributed by atoms with Gasteiger partial charge in [-0.05, 0) is 18.4 Å². The van der Waals surface area contributed by atoms with Crippen LogP contribution in [0.15, 0.2) is 23.1 Å². The summed E-state index contributed by atoms with van der Waals surface area (Å²) in [5.41, 5.74) is 0.303. The minimum atomic E-state index is -1.06. The molecular formula is C9H7NO2S. The van der Waals surface area contributed by atoms with Crippen LogP contribution < -0.4 is 0 Å². The lowest BCUT2D eigenvalue weighted by atomic mass is 10.1. The molecule has 0 unspecified atom stereocenters. The highest BCUT2D eigenvalue weighted by molar-refractivity contribution is 7.98. The molecule has 1 N–H and O–H groups in total. The Morgan fingerprint density at radius 3 is 2.77 bits per heavy atom. The van der Waals surface area contributed by atoms with Gasteiger partial charge >= 0.3 is 5.97 Å². The van der Waals surface area contributed by atoms with Gasteiger partial charge in [-0.25, -0.2) is 4.79 Å². The number of carboxylic acids is 1. The Morgan fingerprint density at radius 2 is 2.31 bits per heavy atom. The van der Waals surface area contributed by atoms with E-state index in [9.17, 15) is 4.79 Å². The fourth-order valence-corrected chi connectivity index (χ4v) is 1.57. The predicted octanol–water partition coefficient (Wildman–Crippen LogP) is 1.98. The molecule has 0 heterocycles. The summed E-state index contributed by atoms with van der Waals surface area (Å²) in [5.74, 6) is -1.06. The molecule has 3 nitrogen and oxygen atoms in total. The van der Waals surface area contributed by atoms with Gasteiger partial charge in [0, 0.05) is 4.90 Å². The molecule has 0 aliphatic heterocycles. The third-order valence-electron chi connectivity index (χ3n) is 1.59. The van der Waals surface area contributed by atoms with Crippen molar-refractivity contribution in [1.29, 1.82) is 5.26 Å². The maximum atomic E-state index is 10.7. The Balaban J connectivity index is 3.38. The molecule has 0 aliphatic carbocycles. The summed E-state index contributed by atoms with van der Waals surface area (Å²) < 4.78 is 0. The van der Waals surface area contributed by atoms with Crippen LogP contribution in [0.25, 0.3) is 0 Å². The van der Waals surface area contributed by atoms with Crippen molar-refractivity contribution in [3.05, 3.63) is 29.3 Å². The molecular weight excluding hydrogens is 186 g/mol. The number of hydrogen-bond donors (Lipinski definition) is 1. The van der Waals surface area contributed by atoms with Crippen LogP contribution in [0.5, 0.6) is 0 Å². The van der Waals surface area contributed by atoms with Crippen LogP contribution in [-0.4, -0.2) is 17.3 Å². The summed E-state index contributed by atoms with van der Waals surface area (Å²) in [7, 11) is 0. The summed E-state index contributed by atoms with van der Waals surface area (Å²) in [6, 6.07) is 6.69. The first-order chi connectivity index (χ1) is 6.20. The maximum Gasteiger partial charge on any atom is 0.337 e. The zero-order chi connectivity index (χ0) is 9.84. The smallest absolute Gasteiger partial charge is 0.337 e. The number of aromatic carboxylic acids is 1. The van der Waals surface area contributed by atoms with Gasteiger partial charge < -0.3 is 5.11 Å². The van der Waals surface area contributed by atoms with Gasteiger partial charge in [-0.3, -0.25) is 0 Å². The number of thioether (sulfide) groups is 1. The summed E-state index contributed by atoms with van der Waals surface area (Å²) in [5, 5.41) is 17.5. The van der Waals surface area contributed by atoms with Crippen LogP contribution in [0.4, 0.5) is 0 Å². The van der Waals surface area contributed by atoms with E-state index >= 15 is 0 Å². The Bertz CT molecular complexity index is 382. The van der Waals surface area contributed by atoms with E-state index < -0.39 is 5.97 Å². The third-order valence-corrected chi connectivity index (χ3v) is 2.37. The normalized spacial score (nSPS) is 9.23. The highest BCUT2D eigenvalue weighted by Gasteiger charge is 2.12. The molecule has 1 aromatic rings. The molecule has 1 rings (SSSR count). The van der Waals surface area contributed by atoms with Gasteiger partial charge in [-0.15, -0.1) is 11.8 Å². The molecule has 0 spiro atoms. The van der Waals surface area contributed by atoms with E-state index in [1.807, 2.05) is 12.3 Å². The van der Waals surface area contributed by atoms with E-state index in [1.165, 1.54) is 17.8 Å². The van der Waals surface area contributed by atoms with Gasteiger partial charge in [-0.1, -0.05) is 6.07 Å². The van der Waals surface area contributed by atoms with E-state index in [0.29, 0.717) is 4.90 Å². The average molecular weight is 193 g/mol. The van der Waals surface area contributed by atoms with E-state index in [-0.39, 0.29) is 11.1 Å². The number of nitriles is 1. The van der Waals surface area contributed by atoms with Crippen molar-refractivity contribution in [2.75, 3.05) is 6.26 Å². The topological polar surface area (TPSA) is 61.1 Å². The van der Waals surface area contributed by atoms with Crippen molar-refractivity contribution in [2.24, 2.45) is 0 Å². The monoisotopic (exact) mass is 193 g/mol. The number of carbonyl (C=O) groups is 1. The molecule has 66 valence electrons. The fourth-order valence-electron chi connectivity index (χ4n) is 0.995. The largest absolute Gasteiger partial charge is 0.478 e. The average Bonchev–Trinajstić information content (AvgIpc) is 2.16. The SMILES string of the molecule is CSc1cccc(C(=O)O)c1C#N. The minimum absolute atomic E-state index is 0.0642. The van der Waals surface area contributed by atoms with E-state index in [4.69, 9.17) is 10.4 Å². The second kappa shape index (κ2) is 3.97. The first-order valence-corrected chi connectivity index (χ1v) is 4.73. The van der Waals surface area contributed by atoms with Crippen LogP contribution in [0, 0.1) is 11.3 Å². The lowest BCUT2D eigenvalue weighted by Crippen LogP contribution is -2.00. The van der Waals surface area contributed by atoms with Gasteiger partial charge in [0.1, 0.15) is 6.07 Å². The third kappa shape index (κ3) is 1.82. The quantitative estimate of drug-likeness (QED) is 0.729. The van der Waals surface area contributed by atoms with Crippen LogP contribution >= 0.6 is 11.8 Å². The number of nitrogens with zero attached hydrogens (tertiary/aromatic N) is 1. The lowest BCUT2D eigenvalue weighted by molar-refractivity contribution is 0.0696. The second-order valence-corrected chi connectivity index (χ2v) is 3.15. The minimum Gasteiger partial charge on any atom is -0.478 e. The van der Waals surface area contributed by atoms with Crippen molar-refractivity contribution in [3.8, 4) is 6.07 Å². The van der Waals surface area contributed by atoms with Crippen LogP contribution in [0.3, 0.4) is 0 Å². The van der Waals surface area contributed by atoms with E-state index in [2.05, 4.69) is 0 Å². The Morgan fingerprint density at radius 1 is 1.62 bits per heavy atom. The molecule has 13 heavy (non-hydrogen) atoms. The molecule has 0 atom stereocenters. The zero-order valence-electron chi connectivity index (χ0n) is 6.94. The number of rotatable bonds is 2. The van der Waals surface area contributed by atoms with Crippen LogP contribution in [0.2, 0.25) is 0 Å². The summed E-state index contributed by atoms with van der Waals surface area (Å²) >= 11 is 1.37. The number of carboxylic acid groups (broad SMARTS) is 1. The summed E-state index contributed by atoms with van der Waals surface area (Å²) in [6.07, 6.45) is 1.81. The van der Waals surface area contributed by atoms with Gasteiger partial charge in [-0.2, -0.15) is 5.26 Å². The molecule has 0 aliphatic rings. The number of hydrogen-bond acceptors (Lipinski definition) is 3. The van der Waals surface area contributed by atoms with Crippen molar-refractivity contribution in [3.63, 3.8) is 0 Å².